The highest BCUT2D eigenvalue weighted by Crippen LogP contribution is 2.24. The van der Waals surface area contributed by atoms with E-state index in [0.29, 0.717) is 9.21 Å². The number of nitrogens with one attached hydrogen (secondary N) is 1. The van der Waals surface area contributed by atoms with E-state index in [1.165, 1.54) is 11.3 Å². The maximum absolute atomic E-state index is 11.9. The van der Waals surface area contributed by atoms with Gasteiger partial charge in [0.1, 0.15) is 0 Å². The highest BCUT2D eigenvalue weighted by Gasteiger charge is 2.10. The van der Waals surface area contributed by atoms with Crippen molar-refractivity contribution in [2.24, 2.45) is 0 Å². The van der Waals surface area contributed by atoms with Gasteiger partial charge in [-0.15, -0.1) is 11.3 Å². The van der Waals surface area contributed by atoms with Gasteiger partial charge in [-0.1, -0.05) is 23.7 Å². The van der Waals surface area contributed by atoms with Gasteiger partial charge in [0, 0.05) is 5.69 Å². The van der Waals surface area contributed by atoms with E-state index in [9.17, 15) is 4.79 Å². The summed E-state index contributed by atoms with van der Waals surface area (Å²) in [5, 5.41) is 2.89. The van der Waals surface area contributed by atoms with Crippen molar-refractivity contribution in [1.82, 2.24) is 0 Å². The summed E-state index contributed by atoms with van der Waals surface area (Å²) in [6.07, 6.45) is 0. The third-order valence-corrected chi connectivity index (χ3v) is 3.88. The van der Waals surface area contributed by atoms with Crippen LogP contribution in [0.5, 0.6) is 0 Å². The van der Waals surface area contributed by atoms with Crippen molar-refractivity contribution in [2.45, 2.75) is 13.8 Å². The molecule has 0 aliphatic rings. The Morgan fingerprint density at radius 3 is 2.65 bits per heavy atom. The first-order valence-electron chi connectivity index (χ1n) is 5.21. The van der Waals surface area contributed by atoms with Gasteiger partial charge in [0.2, 0.25) is 0 Å². The van der Waals surface area contributed by atoms with Crippen molar-refractivity contribution in [1.29, 1.82) is 0 Å². The maximum Gasteiger partial charge on any atom is 0.265 e. The number of benzene rings is 1. The number of hydrogen-bond acceptors (Lipinski definition) is 2. The number of anilines is 1. The van der Waals surface area contributed by atoms with E-state index in [1.807, 2.05) is 32.0 Å². The zero-order valence-electron chi connectivity index (χ0n) is 9.58. The third kappa shape index (κ3) is 2.68. The lowest BCUT2D eigenvalue weighted by molar-refractivity contribution is 0.103. The Morgan fingerprint density at radius 2 is 2.00 bits per heavy atom. The van der Waals surface area contributed by atoms with Gasteiger partial charge in [-0.25, -0.2) is 0 Å². The van der Waals surface area contributed by atoms with Gasteiger partial charge < -0.3 is 5.32 Å². The van der Waals surface area contributed by atoms with Crippen molar-refractivity contribution in [2.75, 3.05) is 5.32 Å². The molecule has 0 unspecified atom stereocenters. The second kappa shape index (κ2) is 4.90. The van der Waals surface area contributed by atoms with E-state index >= 15 is 0 Å². The molecule has 1 amide bonds. The van der Waals surface area contributed by atoms with Crippen LogP contribution in [0, 0.1) is 13.8 Å². The Bertz CT molecular complexity index is 562. The molecule has 0 bridgehead atoms. The van der Waals surface area contributed by atoms with Crippen LogP contribution in [0.4, 0.5) is 5.69 Å². The zero-order chi connectivity index (χ0) is 12.4. The Labute approximate surface area is 109 Å². The van der Waals surface area contributed by atoms with Gasteiger partial charge in [0.05, 0.1) is 9.21 Å². The fourth-order valence-corrected chi connectivity index (χ4v) is 2.45. The minimum absolute atomic E-state index is 0.115. The maximum atomic E-state index is 11.9. The zero-order valence-corrected chi connectivity index (χ0v) is 11.2. The van der Waals surface area contributed by atoms with Crippen LogP contribution in [-0.4, -0.2) is 5.91 Å². The minimum Gasteiger partial charge on any atom is -0.321 e. The molecule has 4 heteroatoms. The second-order valence-electron chi connectivity index (χ2n) is 3.81. The third-order valence-electron chi connectivity index (χ3n) is 2.65. The molecule has 0 spiro atoms. The number of rotatable bonds is 2. The van der Waals surface area contributed by atoms with Gasteiger partial charge in [0.15, 0.2) is 0 Å². The summed E-state index contributed by atoms with van der Waals surface area (Å²) in [6.45, 7) is 4.01. The lowest BCUT2D eigenvalue weighted by Crippen LogP contribution is -2.11. The Kier molecular flexibility index (Phi) is 3.50. The number of aryl methyl sites for hydroxylation is 1. The molecule has 0 aliphatic carbocycles. The largest absolute Gasteiger partial charge is 0.321 e. The van der Waals surface area contributed by atoms with E-state index in [0.717, 1.165) is 16.8 Å². The molecule has 2 rings (SSSR count). The highest BCUT2D eigenvalue weighted by atomic mass is 35.5. The molecular formula is C13H12ClNOS. The Balaban J connectivity index is 2.21. The molecule has 0 aliphatic heterocycles. The van der Waals surface area contributed by atoms with Crippen molar-refractivity contribution in [3.05, 3.63) is 50.7 Å². The van der Waals surface area contributed by atoms with E-state index in [-0.39, 0.29) is 5.91 Å². The van der Waals surface area contributed by atoms with Crippen molar-refractivity contribution < 1.29 is 4.79 Å². The quantitative estimate of drug-likeness (QED) is 0.863. The average Bonchev–Trinajstić information content (AvgIpc) is 2.72. The average molecular weight is 266 g/mol. The second-order valence-corrected chi connectivity index (χ2v) is 5.52. The van der Waals surface area contributed by atoms with Crippen molar-refractivity contribution in [3.8, 4) is 0 Å². The molecule has 0 fully saturated rings. The lowest BCUT2D eigenvalue weighted by Gasteiger charge is -2.09. The van der Waals surface area contributed by atoms with Crippen LogP contribution < -0.4 is 5.32 Å². The number of thiophene rings is 1. The fraction of sp³-hybridized carbons (Fsp3) is 0.154. The van der Waals surface area contributed by atoms with Crippen LogP contribution in [0.25, 0.3) is 0 Å². The number of hydrogen-bond donors (Lipinski definition) is 1. The first kappa shape index (κ1) is 12.1. The number of halogens is 1. The van der Waals surface area contributed by atoms with Gasteiger partial charge >= 0.3 is 0 Å². The van der Waals surface area contributed by atoms with Crippen molar-refractivity contribution in [3.63, 3.8) is 0 Å². The van der Waals surface area contributed by atoms with Crippen LogP contribution in [0.2, 0.25) is 4.34 Å². The van der Waals surface area contributed by atoms with Crippen molar-refractivity contribution >= 4 is 34.5 Å². The molecule has 1 aromatic heterocycles. The summed E-state index contributed by atoms with van der Waals surface area (Å²) >= 11 is 7.08. The van der Waals surface area contributed by atoms with Gasteiger partial charge in [-0.05, 0) is 43.2 Å². The Hall–Kier alpha value is -1.32. The summed E-state index contributed by atoms with van der Waals surface area (Å²) in [7, 11) is 0. The molecule has 0 radical (unpaired) electrons. The van der Waals surface area contributed by atoms with E-state index in [4.69, 9.17) is 11.6 Å². The van der Waals surface area contributed by atoms with Crippen LogP contribution in [0.15, 0.2) is 30.3 Å². The Morgan fingerprint density at radius 1 is 1.24 bits per heavy atom. The number of carbonyl (C=O) groups excluding carboxylic acids is 1. The summed E-state index contributed by atoms with van der Waals surface area (Å²) in [4.78, 5) is 12.6. The first-order chi connectivity index (χ1) is 8.08. The van der Waals surface area contributed by atoms with E-state index in [1.54, 1.807) is 12.1 Å². The summed E-state index contributed by atoms with van der Waals surface area (Å²) in [5.74, 6) is -0.115. The molecule has 0 saturated heterocycles. The summed E-state index contributed by atoms with van der Waals surface area (Å²) in [6, 6.07) is 9.31. The molecule has 17 heavy (non-hydrogen) atoms. The molecule has 0 saturated carbocycles. The molecule has 1 heterocycles. The normalized spacial score (nSPS) is 10.3. The van der Waals surface area contributed by atoms with Crippen LogP contribution >= 0.6 is 22.9 Å². The molecular weight excluding hydrogens is 254 g/mol. The fourth-order valence-electron chi connectivity index (χ4n) is 1.51. The minimum atomic E-state index is -0.115. The monoisotopic (exact) mass is 265 g/mol. The predicted molar refractivity (Wildman–Crippen MR) is 73.2 cm³/mol. The van der Waals surface area contributed by atoms with E-state index < -0.39 is 0 Å². The highest BCUT2D eigenvalue weighted by molar-refractivity contribution is 7.18. The smallest absolute Gasteiger partial charge is 0.265 e. The SMILES string of the molecule is Cc1cccc(NC(=O)c2ccc(Cl)s2)c1C. The topological polar surface area (TPSA) is 29.1 Å². The molecule has 2 nitrogen and oxygen atoms in total. The predicted octanol–water partition coefficient (Wildman–Crippen LogP) is 4.27. The van der Waals surface area contributed by atoms with Crippen LogP contribution in [-0.2, 0) is 0 Å². The van der Waals surface area contributed by atoms with E-state index in [2.05, 4.69) is 5.32 Å². The lowest BCUT2D eigenvalue weighted by atomic mass is 10.1. The number of carbonyl (C=O) groups is 1. The molecule has 2 aromatic rings. The van der Waals surface area contributed by atoms with Crippen LogP contribution in [0.3, 0.4) is 0 Å². The number of amides is 1. The molecule has 1 aromatic carbocycles. The van der Waals surface area contributed by atoms with Gasteiger partial charge in [0.25, 0.3) is 5.91 Å². The molecule has 1 N–H and O–H groups in total. The van der Waals surface area contributed by atoms with Gasteiger partial charge in [-0.2, -0.15) is 0 Å². The molecule has 88 valence electrons. The first-order valence-corrected chi connectivity index (χ1v) is 6.40. The van der Waals surface area contributed by atoms with Crippen LogP contribution in [0.1, 0.15) is 20.8 Å². The molecule has 0 atom stereocenters. The summed E-state index contributed by atoms with van der Waals surface area (Å²) in [5.41, 5.74) is 3.09. The standard InChI is InChI=1S/C13H12ClNOS/c1-8-4-3-5-10(9(8)2)15-13(16)11-6-7-12(14)17-11/h3-7H,1-2H3,(H,15,16). The summed E-state index contributed by atoms with van der Waals surface area (Å²) < 4.78 is 0.621. The van der Waals surface area contributed by atoms with Gasteiger partial charge in [-0.3, -0.25) is 4.79 Å².